The molecule has 1 aromatic carbocycles. The molecule has 74 valence electrons. The van der Waals surface area contributed by atoms with Crippen LogP contribution in [0, 0.1) is 0 Å². The summed E-state index contributed by atoms with van der Waals surface area (Å²) in [6.45, 7) is 0. The van der Waals surface area contributed by atoms with E-state index in [0.717, 1.165) is 5.56 Å². The van der Waals surface area contributed by atoms with Crippen molar-refractivity contribution in [1.82, 2.24) is 0 Å². The number of carboxylic acid groups (broad SMARTS) is 1. The Balaban J connectivity index is 0. The Bertz CT molecular complexity index is 266. The molecule has 0 saturated carbocycles. The number of nitrogens with two attached hydrogens (primary N) is 1. The van der Waals surface area contributed by atoms with E-state index in [1.54, 1.807) is 0 Å². The summed E-state index contributed by atoms with van der Waals surface area (Å²) in [5.41, 5.74) is 6.30. The van der Waals surface area contributed by atoms with Gasteiger partial charge in [0.2, 0.25) is 0 Å². The quantitative estimate of drug-likeness (QED) is 0.633. The summed E-state index contributed by atoms with van der Waals surface area (Å²) in [5.74, 6) is -0.959. The number of hydrogen-bond acceptors (Lipinski definition) is 2. The average Bonchev–Trinajstić information content (AvgIpc) is 2.06. The summed E-state index contributed by atoms with van der Waals surface area (Å²) in [6, 6.07) is 8.54. The molecule has 0 radical (unpaired) electrons. The maximum absolute atomic E-state index is 10.4. The predicted molar refractivity (Wildman–Crippen MR) is 56.5 cm³/mol. The second-order valence-electron chi connectivity index (χ2n) is 2.63. The molecule has 0 spiro atoms. The summed E-state index contributed by atoms with van der Waals surface area (Å²) in [5, 5.41) is 8.52. The molecule has 5 N–H and O–H groups in total. The molecule has 1 unspecified atom stereocenters. The Labute approximate surface area is 105 Å². The Morgan fingerprint density at radius 3 is 2.29 bits per heavy atom. The number of aliphatic carboxylic acids is 1. The zero-order valence-corrected chi connectivity index (χ0v) is 7.10. The second-order valence-corrected chi connectivity index (χ2v) is 2.63. The monoisotopic (exact) mass is 207 g/mol. The molecular formula is C9H14NNaO3. The van der Waals surface area contributed by atoms with E-state index in [9.17, 15) is 4.79 Å². The Morgan fingerprint density at radius 2 is 1.86 bits per heavy atom. The molecule has 0 amide bonds. The van der Waals surface area contributed by atoms with Gasteiger partial charge in [0.1, 0.15) is 6.04 Å². The normalized spacial score (nSPS) is 10.6. The third kappa shape index (κ3) is 5.36. The molecule has 1 atom stereocenters. The standard InChI is InChI=1S/C9H11NO2.Na.H2O.H/c10-8(9(11)12)6-7-4-2-1-3-5-7;;;/h1-5,8H,6,10H2,(H,11,12);;1H2;. The van der Waals surface area contributed by atoms with Crippen LogP contribution in [0.2, 0.25) is 0 Å². The number of benzene rings is 1. The van der Waals surface area contributed by atoms with Crippen molar-refractivity contribution in [3.05, 3.63) is 35.9 Å². The number of carboxylic acids is 1. The molecule has 1 aromatic rings. The third-order valence-corrected chi connectivity index (χ3v) is 1.62. The van der Waals surface area contributed by atoms with Crippen molar-refractivity contribution in [2.24, 2.45) is 5.73 Å². The van der Waals surface area contributed by atoms with Gasteiger partial charge in [-0.15, -0.1) is 0 Å². The molecule has 14 heavy (non-hydrogen) atoms. The van der Waals surface area contributed by atoms with Crippen LogP contribution >= 0.6 is 0 Å². The van der Waals surface area contributed by atoms with Gasteiger partial charge in [0.25, 0.3) is 0 Å². The van der Waals surface area contributed by atoms with Gasteiger partial charge >= 0.3 is 35.5 Å². The fourth-order valence-electron chi connectivity index (χ4n) is 0.955. The maximum atomic E-state index is 10.4. The third-order valence-electron chi connectivity index (χ3n) is 1.62. The van der Waals surface area contributed by atoms with Gasteiger partial charge in [-0.3, -0.25) is 4.79 Å². The van der Waals surface area contributed by atoms with Crippen LogP contribution in [-0.4, -0.2) is 52.2 Å². The summed E-state index contributed by atoms with van der Waals surface area (Å²) >= 11 is 0. The van der Waals surface area contributed by atoms with Crippen molar-refractivity contribution in [1.29, 1.82) is 0 Å². The fourth-order valence-corrected chi connectivity index (χ4v) is 0.955. The van der Waals surface area contributed by atoms with Gasteiger partial charge < -0.3 is 16.3 Å². The molecule has 0 aliphatic heterocycles. The van der Waals surface area contributed by atoms with Crippen LogP contribution in [0.1, 0.15) is 5.56 Å². The van der Waals surface area contributed by atoms with Crippen molar-refractivity contribution in [3.63, 3.8) is 0 Å². The summed E-state index contributed by atoms with van der Waals surface area (Å²) < 4.78 is 0. The van der Waals surface area contributed by atoms with Gasteiger partial charge in [-0.2, -0.15) is 0 Å². The van der Waals surface area contributed by atoms with Crippen LogP contribution in [0.5, 0.6) is 0 Å². The molecule has 1 rings (SSSR count). The molecular weight excluding hydrogens is 193 g/mol. The van der Waals surface area contributed by atoms with Gasteiger partial charge in [0.15, 0.2) is 0 Å². The predicted octanol–water partition coefficient (Wildman–Crippen LogP) is -0.832. The molecule has 0 fully saturated rings. The van der Waals surface area contributed by atoms with Crippen molar-refractivity contribution in [2.45, 2.75) is 12.5 Å². The molecule has 0 aliphatic rings. The van der Waals surface area contributed by atoms with Crippen LogP contribution in [0.3, 0.4) is 0 Å². The SMILES string of the molecule is NC(Cc1ccccc1)C(=O)O.O.[NaH]. The van der Waals surface area contributed by atoms with Crippen LogP contribution in [-0.2, 0) is 11.2 Å². The first kappa shape index (κ1) is 16.1. The van der Waals surface area contributed by atoms with Crippen molar-refractivity contribution < 1.29 is 15.4 Å². The zero-order chi connectivity index (χ0) is 8.97. The molecule has 0 heterocycles. The van der Waals surface area contributed by atoms with Crippen molar-refractivity contribution in [2.75, 3.05) is 0 Å². The van der Waals surface area contributed by atoms with Crippen molar-refractivity contribution >= 4 is 35.5 Å². The van der Waals surface area contributed by atoms with Gasteiger partial charge in [-0.1, -0.05) is 30.3 Å². The van der Waals surface area contributed by atoms with Gasteiger partial charge in [-0.05, 0) is 12.0 Å². The number of rotatable bonds is 3. The Hall–Kier alpha value is -0.390. The Kier molecular flexibility index (Phi) is 9.13. The number of hydrogen-bond donors (Lipinski definition) is 2. The molecule has 5 heteroatoms. The van der Waals surface area contributed by atoms with E-state index in [2.05, 4.69) is 0 Å². The van der Waals surface area contributed by atoms with Crippen LogP contribution in [0.15, 0.2) is 30.3 Å². The molecule has 0 aromatic heterocycles. The number of carbonyl (C=O) groups is 1. The fraction of sp³-hybridized carbons (Fsp3) is 0.222. The molecule has 0 bridgehead atoms. The first-order chi connectivity index (χ1) is 5.70. The van der Waals surface area contributed by atoms with E-state index in [4.69, 9.17) is 10.8 Å². The summed E-state index contributed by atoms with van der Waals surface area (Å²) in [4.78, 5) is 10.4. The second kappa shape index (κ2) is 7.96. The summed E-state index contributed by atoms with van der Waals surface area (Å²) in [7, 11) is 0. The van der Waals surface area contributed by atoms with Crippen LogP contribution in [0.25, 0.3) is 0 Å². The van der Waals surface area contributed by atoms with E-state index in [1.165, 1.54) is 0 Å². The van der Waals surface area contributed by atoms with Crippen LogP contribution in [0.4, 0.5) is 0 Å². The molecule has 0 aliphatic carbocycles. The van der Waals surface area contributed by atoms with Crippen molar-refractivity contribution in [3.8, 4) is 0 Å². The average molecular weight is 207 g/mol. The van der Waals surface area contributed by atoms with E-state index >= 15 is 0 Å². The van der Waals surface area contributed by atoms with Crippen LogP contribution < -0.4 is 5.73 Å². The minimum absolute atomic E-state index is 0. The first-order valence-corrected chi connectivity index (χ1v) is 3.72. The minimum atomic E-state index is -0.959. The van der Waals surface area contributed by atoms with E-state index < -0.39 is 12.0 Å². The van der Waals surface area contributed by atoms with E-state index in [1.807, 2.05) is 30.3 Å². The summed E-state index contributed by atoms with van der Waals surface area (Å²) in [6.07, 6.45) is 0.385. The Morgan fingerprint density at radius 1 is 1.36 bits per heavy atom. The molecule has 4 nitrogen and oxygen atoms in total. The van der Waals surface area contributed by atoms with E-state index in [0.29, 0.717) is 6.42 Å². The van der Waals surface area contributed by atoms with E-state index in [-0.39, 0.29) is 35.0 Å². The van der Waals surface area contributed by atoms with Gasteiger partial charge in [0, 0.05) is 0 Å². The zero-order valence-electron chi connectivity index (χ0n) is 7.10. The van der Waals surface area contributed by atoms with Gasteiger partial charge in [0.05, 0.1) is 0 Å². The molecule has 0 saturated heterocycles. The first-order valence-electron chi connectivity index (χ1n) is 3.72. The topological polar surface area (TPSA) is 94.8 Å². The van der Waals surface area contributed by atoms with Gasteiger partial charge in [-0.25, -0.2) is 0 Å².